The Kier molecular flexibility index (Phi) is 4.64. The summed E-state index contributed by atoms with van der Waals surface area (Å²) in [5.41, 5.74) is -2.22. The number of carbonyl (C=O) groups excluding carboxylic acids is 3. The van der Waals surface area contributed by atoms with Crippen LogP contribution in [-0.2, 0) is 14.3 Å². The Hall–Kier alpha value is -2.44. The number of carbonyl (C=O) groups is 3. The minimum absolute atomic E-state index is 0.334. The molecule has 0 bridgehead atoms. The van der Waals surface area contributed by atoms with Gasteiger partial charge in [-0.1, -0.05) is 30.3 Å². The van der Waals surface area contributed by atoms with Gasteiger partial charge < -0.3 is 4.74 Å². The molecule has 2 atom stereocenters. The number of ketones is 1. The second kappa shape index (κ2) is 6.22. The van der Waals surface area contributed by atoms with Crippen molar-refractivity contribution in [2.75, 3.05) is 7.11 Å². The van der Waals surface area contributed by atoms with E-state index in [0.717, 1.165) is 20.1 Å². The Morgan fingerprint density at radius 3 is 2.25 bits per heavy atom. The van der Waals surface area contributed by atoms with Crippen molar-refractivity contribution in [2.45, 2.75) is 25.4 Å². The number of Topliss-reactive ketones (excluding diaryl/α,β-unsaturated/α-hetero) is 1. The molecule has 0 saturated heterocycles. The summed E-state index contributed by atoms with van der Waals surface area (Å²) in [5.74, 6) is -2.82. The van der Waals surface area contributed by atoms with Crippen LogP contribution in [0.1, 0.15) is 35.2 Å². The van der Waals surface area contributed by atoms with Crippen molar-refractivity contribution in [2.24, 2.45) is 5.41 Å². The van der Waals surface area contributed by atoms with Crippen molar-refractivity contribution < 1.29 is 32.3 Å². The fourth-order valence-electron chi connectivity index (χ4n) is 3.04. The van der Waals surface area contributed by atoms with Crippen LogP contribution in [0.25, 0.3) is 0 Å². The first-order valence-corrected chi connectivity index (χ1v) is 7.09. The number of hydrogen-bond donors (Lipinski definition) is 0. The summed E-state index contributed by atoms with van der Waals surface area (Å²) in [7, 11) is 1.03. The summed E-state index contributed by atoms with van der Waals surface area (Å²) in [4.78, 5) is 35.2. The van der Waals surface area contributed by atoms with Crippen LogP contribution in [-0.4, -0.2) is 31.3 Å². The lowest BCUT2D eigenvalue weighted by Crippen LogP contribution is -2.42. The lowest BCUT2D eigenvalue weighted by Gasteiger charge is -2.30. The van der Waals surface area contributed by atoms with Crippen LogP contribution in [0.3, 0.4) is 0 Å². The zero-order chi connectivity index (χ0) is 18.1. The molecular formula is C17H15F3O4. The van der Waals surface area contributed by atoms with Crippen molar-refractivity contribution in [1.29, 1.82) is 0 Å². The molecule has 0 heterocycles. The molecule has 2 unspecified atom stereocenters. The maximum Gasteiger partial charge on any atom is 0.412 e. The van der Waals surface area contributed by atoms with Gasteiger partial charge in [-0.3, -0.25) is 14.4 Å². The summed E-state index contributed by atoms with van der Waals surface area (Å²) in [5, 5.41) is 0. The van der Waals surface area contributed by atoms with Gasteiger partial charge in [-0.05, 0) is 12.5 Å². The highest BCUT2D eigenvalue weighted by molar-refractivity contribution is 6.05. The van der Waals surface area contributed by atoms with Crippen LogP contribution in [0, 0.1) is 5.41 Å². The van der Waals surface area contributed by atoms with Gasteiger partial charge in [0.2, 0.25) is 0 Å². The van der Waals surface area contributed by atoms with Gasteiger partial charge in [0, 0.05) is 23.5 Å². The smallest absolute Gasteiger partial charge is 0.412 e. The standard InChI is InChI=1S/C17H15F3O4/c1-10(22)16(15(23)24-2)8-13(17(18,19)20)7-14(16)12-5-3-11(9-21)4-6-12/h3-7,9,14H,8H2,1-2H3. The largest absolute Gasteiger partial charge is 0.468 e. The second-order valence-corrected chi connectivity index (χ2v) is 5.65. The van der Waals surface area contributed by atoms with Crippen LogP contribution in [0.15, 0.2) is 35.9 Å². The molecule has 0 fully saturated rings. The predicted octanol–water partition coefficient (Wildman–Crippen LogP) is 3.22. The van der Waals surface area contributed by atoms with Gasteiger partial charge >= 0.3 is 12.1 Å². The Bertz CT molecular complexity index is 704. The molecule has 0 radical (unpaired) electrons. The van der Waals surface area contributed by atoms with Gasteiger partial charge in [0.25, 0.3) is 0 Å². The second-order valence-electron chi connectivity index (χ2n) is 5.65. The number of alkyl halides is 3. The third kappa shape index (κ3) is 2.86. The van der Waals surface area contributed by atoms with Crippen LogP contribution >= 0.6 is 0 Å². The maximum atomic E-state index is 13.2. The number of allylic oxidation sites excluding steroid dienone is 2. The van der Waals surface area contributed by atoms with Crippen LogP contribution in [0.4, 0.5) is 13.2 Å². The van der Waals surface area contributed by atoms with E-state index in [1.807, 2.05) is 0 Å². The zero-order valence-corrected chi connectivity index (χ0v) is 13.0. The molecule has 0 amide bonds. The van der Waals surface area contributed by atoms with Gasteiger partial charge in [-0.15, -0.1) is 0 Å². The van der Waals surface area contributed by atoms with Gasteiger partial charge in [-0.25, -0.2) is 0 Å². The molecule has 7 heteroatoms. The average molecular weight is 340 g/mol. The Morgan fingerprint density at radius 1 is 1.25 bits per heavy atom. The zero-order valence-electron chi connectivity index (χ0n) is 13.0. The Labute approximate surface area is 136 Å². The molecule has 128 valence electrons. The van der Waals surface area contributed by atoms with E-state index in [2.05, 4.69) is 4.74 Å². The molecule has 0 N–H and O–H groups in total. The third-order valence-electron chi connectivity index (χ3n) is 4.34. The lowest BCUT2D eigenvalue weighted by molar-refractivity contribution is -0.158. The molecule has 0 spiro atoms. The number of esters is 1. The van der Waals surface area contributed by atoms with Gasteiger partial charge in [-0.2, -0.15) is 13.2 Å². The predicted molar refractivity (Wildman–Crippen MR) is 78.5 cm³/mol. The summed E-state index contributed by atoms with van der Waals surface area (Å²) in [6.07, 6.45) is -3.92. The van der Waals surface area contributed by atoms with Crippen LogP contribution in [0.2, 0.25) is 0 Å². The van der Waals surface area contributed by atoms with Gasteiger partial charge in [0.05, 0.1) is 7.11 Å². The van der Waals surface area contributed by atoms with Crippen LogP contribution < -0.4 is 0 Å². The van der Waals surface area contributed by atoms with E-state index in [4.69, 9.17) is 0 Å². The van der Waals surface area contributed by atoms with Crippen molar-refractivity contribution in [1.82, 2.24) is 0 Å². The maximum absolute atomic E-state index is 13.2. The molecule has 0 saturated carbocycles. The van der Waals surface area contributed by atoms with Crippen molar-refractivity contribution in [3.63, 3.8) is 0 Å². The minimum atomic E-state index is -4.65. The van der Waals surface area contributed by atoms with Gasteiger partial charge in [0.15, 0.2) is 0 Å². The van der Waals surface area contributed by atoms with E-state index >= 15 is 0 Å². The fraction of sp³-hybridized carbons (Fsp3) is 0.353. The number of hydrogen-bond acceptors (Lipinski definition) is 4. The molecule has 1 aliphatic carbocycles. The lowest BCUT2D eigenvalue weighted by atomic mass is 9.70. The molecule has 24 heavy (non-hydrogen) atoms. The summed E-state index contributed by atoms with van der Waals surface area (Å²) >= 11 is 0. The van der Waals surface area contributed by atoms with Crippen molar-refractivity contribution in [3.8, 4) is 0 Å². The summed E-state index contributed by atoms with van der Waals surface area (Å²) in [6, 6.07) is 5.71. The molecule has 4 nitrogen and oxygen atoms in total. The topological polar surface area (TPSA) is 60.4 Å². The highest BCUT2D eigenvalue weighted by Gasteiger charge is 2.58. The molecule has 2 rings (SSSR count). The van der Waals surface area contributed by atoms with E-state index in [-0.39, 0.29) is 0 Å². The quantitative estimate of drug-likeness (QED) is 0.365. The molecule has 0 aliphatic heterocycles. The number of halogens is 3. The van der Waals surface area contributed by atoms with Crippen LogP contribution in [0.5, 0.6) is 0 Å². The minimum Gasteiger partial charge on any atom is -0.468 e. The highest BCUT2D eigenvalue weighted by Crippen LogP contribution is 2.53. The number of ether oxygens (including phenoxy) is 1. The first-order chi connectivity index (χ1) is 11.2. The summed E-state index contributed by atoms with van der Waals surface area (Å²) < 4.78 is 44.1. The SMILES string of the molecule is COC(=O)C1(C(C)=O)CC(C(F)(F)F)=CC1c1ccc(C=O)cc1. The fourth-order valence-corrected chi connectivity index (χ4v) is 3.04. The number of rotatable bonds is 4. The molecule has 1 aromatic carbocycles. The van der Waals surface area contributed by atoms with Crippen molar-refractivity contribution in [3.05, 3.63) is 47.0 Å². The van der Waals surface area contributed by atoms with E-state index in [1.54, 1.807) is 0 Å². The Balaban J connectivity index is 2.62. The number of methoxy groups -OCH3 is 1. The van der Waals surface area contributed by atoms with Crippen molar-refractivity contribution >= 4 is 18.0 Å². The molecule has 1 aromatic rings. The molecule has 0 aromatic heterocycles. The molecular weight excluding hydrogens is 325 g/mol. The molecule has 1 aliphatic rings. The number of benzene rings is 1. The first kappa shape index (κ1) is 17.9. The average Bonchev–Trinajstić information content (AvgIpc) is 2.96. The third-order valence-corrected chi connectivity index (χ3v) is 4.34. The van der Waals surface area contributed by atoms with E-state index in [1.165, 1.54) is 24.3 Å². The van der Waals surface area contributed by atoms with E-state index in [0.29, 0.717) is 17.4 Å². The van der Waals surface area contributed by atoms with Gasteiger partial charge in [0.1, 0.15) is 17.5 Å². The monoisotopic (exact) mass is 340 g/mol. The van der Waals surface area contributed by atoms with E-state index < -0.39 is 41.3 Å². The van der Waals surface area contributed by atoms with E-state index in [9.17, 15) is 27.6 Å². The highest BCUT2D eigenvalue weighted by atomic mass is 19.4. The Morgan fingerprint density at radius 2 is 1.83 bits per heavy atom. The normalized spacial score (nSPS) is 23.5. The first-order valence-electron chi connectivity index (χ1n) is 7.09. The summed E-state index contributed by atoms with van der Waals surface area (Å²) in [6.45, 7) is 1.08. The number of aldehydes is 1.